The third-order valence-electron chi connectivity index (χ3n) is 2.28. The fraction of sp³-hybridized carbons (Fsp3) is 0.250. The highest BCUT2D eigenvalue weighted by Crippen LogP contribution is 2.07. The molecule has 5 heteroatoms. The molecule has 0 aliphatic heterocycles. The molecule has 5 nitrogen and oxygen atoms in total. The van der Waals surface area contributed by atoms with E-state index in [-0.39, 0.29) is 0 Å². The van der Waals surface area contributed by atoms with Crippen LogP contribution in [0.1, 0.15) is 11.4 Å². The van der Waals surface area contributed by atoms with Crippen molar-refractivity contribution in [2.24, 2.45) is 0 Å². The molecule has 0 bridgehead atoms. The first kappa shape index (κ1) is 11.3. The lowest BCUT2D eigenvalue weighted by atomic mass is 10.3. The van der Waals surface area contributed by atoms with Gasteiger partial charge in [0.15, 0.2) is 0 Å². The topological polar surface area (TPSA) is 76.7 Å². The molecular weight excluding hydrogens is 214 g/mol. The van der Waals surface area contributed by atoms with E-state index in [1.54, 1.807) is 6.20 Å². The average molecular weight is 229 g/mol. The standard InChI is InChI=1S/C12H15N5/c1-9-8-11(17-12(13)16-9)15-7-5-10-4-2-3-6-14-10/h2-4,6,8H,5,7H2,1H3,(H3,13,15,16,17). The number of nitrogens with one attached hydrogen (secondary N) is 1. The molecule has 0 saturated carbocycles. The zero-order chi connectivity index (χ0) is 12.1. The van der Waals surface area contributed by atoms with Crippen LogP contribution in [0.2, 0.25) is 0 Å². The number of aryl methyl sites for hydroxylation is 1. The number of aromatic nitrogens is 3. The molecule has 88 valence electrons. The van der Waals surface area contributed by atoms with E-state index in [9.17, 15) is 0 Å². The maximum atomic E-state index is 5.57. The summed E-state index contributed by atoms with van der Waals surface area (Å²) in [5.41, 5.74) is 7.48. The smallest absolute Gasteiger partial charge is 0.222 e. The predicted molar refractivity (Wildman–Crippen MR) is 67.6 cm³/mol. The van der Waals surface area contributed by atoms with E-state index >= 15 is 0 Å². The van der Waals surface area contributed by atoms with Crippen LogP contribution in [0.5, 0.6) is 0 Å². The van der Waals surface area contributed by atoms with Crippen molar-refractivity contribution >= 4 is 11.8 Å². The van der Waals surface area contributed by atoms with Gasteiger partial charge < -0.3 is 11.1 Å². The van der Waals surface area contributed by atoms with Crippen molar-refractivity contribution in [3.8, 4) is 0 Å². The van der Waals surface area contributed by atoms with Gasteiger partial charge in [-0.1, -0.05) is 6.07 Å². The van der Waals surface area contributed by atoms with Crippen LogP contribution in [0.25, 0.3) is 0 Å². The fourth-order valence-electron chi connectivity index (χ4n) is 1.55. The zero-order valence-corrected chi connectivity index (χ0v) is 9.72. The van der Waals surface area contributed by atoms with Crippen LogP contribution in [0, 0.1) is 6.92 Å². The lowest BCUT2D eigenvalue weighted by Crippen LogP contribution is -2.09. The molecule has 0 unspecified atom stereocenters. The molecule has 0 aromatic carbocycles. The van der Waals surface area contributed by atoms with Crippen LogP contribution in [0.15, 0.2) is 30.5 Å². The number of nitrogens with zero attached hydrogens (tertiary/aromatic N) is 3. The highest BCUT2D eigenvalue weighted by atomic mass is 15.1. The lowest BCUT2D eigenvalue weighted by molar-refractivity contribution is 0.950. The van der Waals surface area contributed by atoms with E-state index in [0.29, 0.717) is 5.95 Å². The van der Waals surface area contributed by atoms with Gasteiger partial charge in [-0.15, -0.1) is 0 Å². The van der Waals surface area contributed by atoms with E-state index in [4.69, 9.17) is 5.73 Å². The minimum absolute atomic E-state index is 0.297. The van der Waals surface area contributed by atoms with E-state index in [0.717, 1.165) is 30.2 Å². The SMILES string of the molecule is Cc1cc(NCCc2ccccn2)nc(N)n1. The molecule has 0 atom stereocenters. The fourth-order valence-corrected chi connectivity index (χ4v) is 1.55. The van der Waals surface area contributed by atoms with Crippen molar-refractivity contribution in [2.45, 2.75) is 13.3 Å². The summed E-state index contributed by atoms with van der Waals surface area (Å²) in [6.07, 6.45) is 2.64. The van der Waals surface area contributed by atoms with Gasteiger partial charge in [-0.25, -0.2) is 4.98 Å². The van der Waals surface area contributed by atoms with Crippen LogP contribution in [0.4, 0.5) is 11.8 Å². The van der Waals surface area contributed by atoms with E-state index < -0.39 is 0 Å². The van der Waals surface area contributed by atoms with Gasteiger partial charge in [0.1, 0.15) is 5.82 Å². The third kappa shape index (κ3) is 3.41. The van der Waals surface area contributed by atoms with Gasteiger partial charge in [0.25, 0.3) is 0 Å². The summed E-state index contributed by atoms with van der Waals surface area (Å²) in [6.45, 7) is 2.66. The highest BCUT2D eigenvalue weighted by Gasteiger charge is 1.99. The first-order chi connectivity index (χ1) is 8.24. The molecule has 0 aliphatic rings. The number of pyridine rings is 1. The normalized spacial score (nSPS) is 10.2. The summed E-state index contributed by atoms with van der Waals surface area (Å²) in [7, 11) is 0. The minimum Gasteiger partial charge on any atom is -0.370 e. The average Bonchev–Trinajstić information content (AvgIpc) is 2.29. The Morgan fingerprint density at radius 1 is 1.29 bits per heavy atom. The Labute approximate surface area is 100 Å². The van der Waals surface area contributed by atoms with Crippen molar-refractivity contribution in [3.63, 3.8) is 0 Å². The molecule has 0 radical (unpaired) electrons. The Kier molecular flexibility index (Phi) is 3.49. The largest absolute Gasteiger partial charge is 0.370 e. The van der Waals surface area contributed by atoms with Crippen molar-refractivity contribution in [1.29, 1.82) is 0 Å². The monoisotopic (exact) mass is 229 g/mol. The Balaban J connectivity index is 1.90. The maximum Gasteiger partial charge on any atom is 0.222 e. The van der Waals surface area contributed by atoms with Crippen molar-refractivity contribution in [2.75, 3.05) is 17.6 Å². The second-order valence-corrected chi connectivity index (χ2v) is 3.75. The quantitative estimate of drug-likeness (QED) is 0.829. The van der Waals surface area contributed by atoms with Gasteiger partial charge in [0, 0.05) is 36.6 Å². The lowest BCUT2D eigenvalue weighted by Gasteiger charge is -2.06. The number of nitrogens with two attached hydrogens (primary N) is 1. The van der Waals surface area contributed by atoms with Gasteiger partial charge in [-0.05, 0) is 19.1 Å². The van der Waals surface area contributed by atoms with Gasteiger partial charge in [-0.2, -0.15) is 4.98 Å². The minimum atomic E-state index is 0.297. The predicted octanol–water partition coefficient (Wildman–Crippen LogP) is 1.42. The molecule has 0 amide bonds. The summed E-state index contributed by atoms with van der Waals surface area (Å²) in [4.78, 5) is 12.4. The highest BCUT2D eigenvalue weighted by molar-refractivity contribution is 5.40. The third-order valence-corrected chi connectivity index (χ3v) is 2.28. The number of rotatable bonds is 4. The van der Waals surface area contributed by atoms with Gasteiger partial charge in [0.2, 0.25) is 5.95 Å². The van der Waals surface area contributed by atoms with E-state index in [1.807, 2.05) is 31.2 Å². The second-order valence-electron chi connectivity index (χ2n) is 3.75. The summed E-state index contributed by atoms with van der Waals surface area (Å²) in [5, 5.41) is 3.20. The van der Waals surface area contributed by atoms with E-state index in [2.05, 4.69) is 20.3 Å². The molecule has 3 N–H and O–H groups in total. The Morgan fingerprint density at radius 3 is 2.88 bits per heavy atom. The van der Waals surface area contributed by atoms with Crippen LogP contribution in [-0.2, 0) is 6.42 Å². The number of nitrogen functional groups attached to an aromatic ring is 1. The molecule has 2 aromatic heterocycles. The van der Waals surface area contributed by atoms with Gasteiger partial charge in [-0.3, -0.25) is 4.98 Å². The molecule has 0 fully saturated rings. The summed E-state index contributed by atoms with van der Waals surface area (Å²) in [5.74, 6) is 1.05. The molecule has 0 spiro atoms. The zero-order valence-electron chi connectivity index (χ0n) is 9.72. The molecule has 0 aliphatic carbocycles. The molecule has 2 rings (SSSR count). The van der Waals surface area contributed by atoms with Crippen LogP contribution in [-0.4, -0.2) is 21.5 Å². The van der Waals surface area contributed by atoms with Gasteiger partial charge >= 0.3 is 0 Å². The van der Waals surface area contributed by atoms with Crippen molar-refractivity contribution in [1.82, 2.24) is 15.0 Å². The molecule has 2 heterocycles. The Hall–Kier alpha value is -2.17. The first-order valence-corrected chi connectivity index (χ1v) is 5.49. The second kappa shape index (κ2) is 5.25. The molecule has 0 saturated heterocycles. The summed E-state index contributed by atoms with van der Waals surface area (Å²) >= 11 is 0. The summed E-state index contributed by atoms with van der Waals surface area (Å²) in [6, 6.07) is 7.76. The molecule has 2 aromatic rings. The van der Waals surface area contributed by atoms with Crippen LogP contribution >= 0.6 is 0 Å². The van der Waals surface area contributed by atoms with Crippen molar-refractivity contribution in [3.05, 3.63) is 41.9 Å². The van der Waals surface area contributed by atoms with Gasteiger partial charge in [0.05, 0.1) is 0 Å². The molecular formula is C12H15N5. The number of hydrogen-bond acceptors (Lipinski definition) is 5. The molecule has 17 heavy (non-hydrogen) atoms. The number of anilines is 2. The van der Waals surface area contributed by atoms with E-state index in [1.165, 1.54) is 0 Å². The Morgan fingerprint density at radius 2 is 2.18 bits per heavy atom. The Bertz CT molecular complexity index is 463. The first-order valence-electron chi connectivity index (χ1n) is 5.49. The van der Waals surface area contributed by atoms with Crippen molar-refractivity contribution < 1.29 is 0 Å². The summed E-state index contributed by atoms with van der Waals surface area (Å²) < 4.78 is 0. The van der Waals surface area contributed by atoms with Crippen LogP contribution in [0.3, 0.4) is 0 Å². The maximum absolute atomic E-state index is 5.57. The van der Waals surface area contributed by atoms with Crippen LogP contribution < -0.4 is 11.1 Å². The number of hydrogen-bond donors (Lipinski definition) is 2.